The first-order valence-corrected chi connectivity index (χ1v) is 9.74. The van der Waals surface area contributed by atoms with E-state index in [1.807, 2.05) is 6.07 Å². The highest BCUT2D eigenvalue weighted by molar-refractivity contribution is 14.0. The number of guanidine groups is 1. The Morgan fingerprint density at radius 2 is 2.21 bits per heavy atom. The second kappa shape index (κ2) is 11.9. The van der Waals surface area contributed by atoms with Gasteiger partial charge in [0.1, 0.15) is 5.75 Å². The van der Waals surface area contributed by atoms with Crippen LogP contribution in [-0.4, -0.2) is 48.6 Å². The summed E-state index contributed by atoms with van der Waals surface area (Å²) in [7, 11) is 1.74. The topological polar surface area (TPSA) is 61.8 Å². The second-order valence-electron chi connectivity index (χ2n) is 6.79. The Labute approximate surface area is 189 Å². The summed E-state index contributed by atoms with van der Waals surface area (Å²) >= 11 is 0. The largest absolute Gasteiger partial charge is 0.453 e. The Bertz CT molecular complexity index is 790. The zero-order chi connectivity index (χ0) is 19.8. The predicted octanol–water partition coefficient (Wildman–Crippen LogP) is 3.78. The Balaban J connectivity index is 0.00000300. The Hall–Kier alpha value is -1.94. The molecule has 1 unspecified atom stereocenters. The maximum absolute atomic E-state index is 14.4. The van der Waals surface area contributed by atoms with Gasteiger partial charge in [-0.15, -0.1) is 24.0 Å². The van der Waals surface area contributed by atoms with Crippen molar-refractivity contribution in [3.63, 3.8) is 0 Å². The molecule has 2 aromatic rings. The maximum Gasteiger partial charge on any atom is 0.191 e. The molecule has 1 aliphatic rings. The summed E-state index contributed by atoms with van der Waals surface area (Å²) in [6.45, 7) is 5.78. The SMILES string of the molecule is CCN1CCCC1CNC(=NC)NCc1ccc(Oc2cccnc2)c(F)c1.I. The number of hydrogen-bond acceptors (Lipinski definition) is 4. The highest BCUT2D eigenvalue weighted by Gasteiger charge is 2.22. The molecule has 0 amide bonds. The molecule has 0 spiro atoms. The smallest absolute Gasteiger partial charge is 0.191 e. The summed E-state index contributed by atoms with van der Waals surface area (Å²) in [6.07, 6.45) is 5.65. The van der Waals surface area contributed by atoms with E-state index in [-0.39, 0.29) is 29.7 Å². The molecule has 29 heavy (non-hydrogen) atoms. The van der Waals surface area contributed by atoms with E-state index >= 15 is 0 Å². The molecule has 0 saturated carbocycles. The van der Waals surface area contributed by atoms with Gasteiger partial charge in [-0.2, -0.15) is 0 Å². The van der Waals surface area contributed by atoms with Crippen molar-refractivity contribution in [2.75, 3.05) is 26.7 Å². The predicted molar refractivity (Wildman–Crippen MR) is 125 cm³/mol. The van der Waals surface area contributed by atoms with Crippen LogP contribution in [0.5, 0.6) is 11.5 Å². The van der Waals surface area contributed by atoms with Crippen LogP contribution >= 0.6 is 24.0 Å². The molecule has 0 aliphatic carbocycles. The number of aliphatic imine (C=N–C) groups is 1. The van der Waals surface area contributed by atoms with Crippen molar-refractivity contribution in [1.29, 1.82) is 0 Å². The molecule has 3 rings (SSSR count). The molecular weight excluding hydrogens is 484 g/mol. The number of halogens is 2. The molecule has 1 aromatic carbocycles. The van der Waals surface area contributed by atoms with Gasteiger partial charge in [0.2, 0.25) is 0 Å². The molecule has 1 aliphatic heterocycles. The van der Waals surface area contributed by atoms with Crippen LogP contribution in [0.25, 0.3) is 0 Å². The Morgan fingerprint density at radius 1 is 1.34 bits per heavy atom. The summed E-state index contributed by atoms with van der Waals surface area (Å²) in [4.78, 5) is 10.7. The van der Waals surface area contributed by atoms with E-state index in [1.165, 1.54) is 25.5 Å². The lowest BCUT2D eigenvalue weighted by Gasteiger charge is -2.24. The molecule has 1 saturated heterocycles. The van der Waals surface area contributed by atoms with E-state index in [0.29, 0.717) is 18.3 Å². The number of ether oxygens (including phenoxy) is 1. The first kappa shape index (κ1) is 23.3. The molecule has 2 N–H and O–H groups in total. The van der Waals surface area contributed by atoms with Crippen molar-refractivity contribution < 1.29 is 9.13 Å². The maximum atomic E-state index is 14.4. The van der Waals surface area contributed by atoms with Gasteiger partial charge in [-0.1, -0.05) is 13.0 Å². The zero-order valence-electron chi connectivity index (χ0n) is 16.9. The van der Waals surface area contributed by atoms with Crippen molar-refractivity contribution in [2.45, 2.75) is 32.4 Å². The van der Waals surface area contributed by atoms with Crippen molar-refractivity contribution in [3.8, 4) is 11.5 Å². The molecule has 8 heteroatoms. The van der Waals surface area contributed by atoms with Crippen LogP contribution in [-0.2, 0) is 6.54 Å². The number of likely N-dealkylation sites (N-methyl/N-ethyl adjacent to an activating group) is 1. The fourth-order valence-corrected chi connectivity index (χ4v) is 3.44. The highest BCUT2D eigenvalue weighted by Crippen LogP contribution is 2.24. The lowest BCUT2D eigenvalue weighted by atomic mass is 10.2. The molecule has 1 aromatic heterocycles. The molecule has 1 fully saturated rings. The van der Waals surface area contributed by atoms with Gasteiger partial charge in [0.05, 0.1) is 6.20 Å². The summed E-state index contributed by atoms with van der Waals surface area (Å²) in [5, 5.41) is 6.62. The van der Waals surface area contributed by atoms with Crippen LogP contribution < -0.4 is 15.4 Å². The van der Waals surface area contributed by atoms with Gasteiger partial charge < -0.3 is 15.4 Å². The monoisotopic (exact) mass is 513 g/mol. The average molecular weight is 513 g/mol. The van der Waals surface area contributed by atoms with Crippen LogP contribution in [0, 0.1) is 5.82 Å². The number of aromatic nitrogens is 1. The van der Waals surface area contributed by atoms with Crippen molar-refractivity contribution in [2.24, 2.45) is 4.99 Å². The standard InChI is InChI=1S/C21H28FN5O.HI/c1-3-27-11-5-6-17(27)14-26-21(23-2)25-13-16-8-9-20(19(22)12-16)28-18-7-4-10-24-15-18;/h4,7-10,12,15,17H,3,5-6,11,13-14H2,1-2H3,(H2,23,25,26);1H. The molecule has 158 valence electrons. The van der Waals surface area contributed by atoms with Gasteiger partial charge in [-0.3, -0.25) is 14.9 Å². The third-order valence-electron chi connectivity index (χ3n) is 4.95. The number of hydrogen-bond donors (Lipinski definition) is 2. The third kappa shape index (κ3) is 6.81. The van der Waals surface area contributed by atoms with E-state index < -0.39 is 5.82 Å². The van der Waals surface area contributed by atoms with Crippen molar-refractivity contribution in [3.05, 3.63) is 54.1 Å². The number of nitrogens with one attached hydrogen (secondary N) is 2. The summed E-state index contributed by atoms with van der Waals surface area (Å²) in [5.74, 6) is 1.000. The van der Waals surface area contributed by atoms with Gasteiger partial charge >= 0.3 is 0 Å². The van der Waals surface area contributed by atoms with Crippen LogP contribution in [0.2, 0.25) is 0 Å². The van der Waals surface area contributed by atoms with Gasteiger partial charge in [-0.05, 0) is 55.8 Å². The molecule has 0 bridgehead atoms. The molecule has 1 atom stereocenters. The quantitative estimate of drug-likeness (QED) is 0.336. The van der Waals surface area contributed by atoms with E-state index in [1.54, 1.807) is 37.6 Å². The molecule has 6 nitrogen and oxygen atoms in total. The van der Waals surface area contributed by atoms with Gasteiger partial charge in [0, 0.05) is 32.4 Å². The van der Waals surface area contributed by atoms with Crippen LogP contribution in [0.1, 0.15) is 25.3 Å². The third-order valence-corrected chi connectivity index (χ3v) is 4.95. The van der Waals surface area contributed by atoms with E-state index in [4.69, 9.17) is 4.74 Å². The minimum atomic E-state index is -0.407. The van der Waals surface area contributed by atoms with Gasteiger partial charge in [-0.25, -0.2) is 4.39 Å². The lowest BCUT2D eigenvalue weighted by molar-refractivity contribution is 0.267. The van der Waals surface area contributed by atoms with Crippen molar-refractivity contribution in [1.82, 2.24) is 20.5 Å². The highest BCUT2D eigenvalue weighted by atomic mass is 127. The Morgan fingerprint density at radius 3 is 2.90 bits per heavy atom. The van der Waals surface area contributed by atoms with Crippen LogP contribution in [0.15, 0.2) is 47.7 Å². The number of nitrogens with zero attached hydrogens (tertiary/aromatic N) is 3. The first-order valence-electron chi connectivity index (χ1n) is 9.74. The summed E-state index contributed by atoms with van der Waals surface area (Å²) in [6, 6.07) is 8.97. The minimum Gasteiger partial charge on any atom is -0.453 e. The normalized spacial score (nSPS) is 16.9. The average Bonchev–Trinajstić information content (AvgIpc) is 3.18. The molecule has 0 radical (unpaired) electrons. The number of pyridine rings is 1. The van der Waals surface area contributed by atoms with E-state index in [2.05, 4.69) is 32.4 Å². The molecular formula is C21H29FIN5O. The van der Waals surface area contributed by atoms with Crippen LogP contribution in [0.4, 0.5) is 4.39 Å². The first-order chi connectivity index (χ1) is 13.7. The summed E-state index contributed by atoms with van der Waals surface area (Å²) < 4.78 is 19.9. The lowest BCUT2D eigenvalue weighted by Crippen LogP contribution is -2.44. The fourth-order valence-electron chi connectivity index (χ4n) is 3.44. The zero-order valence-corrected chi connectivity index (χ0v) is 19.2. The fraction of sp³-hybridized carbons (Fsp3) is 0.429. The Kier molecular flexibility index (Phi) is 9.59. The number of likely N-dealkylation sites (tertiary alicyclic amines) is 1. The van der Waals surface area contributed by atoms with E-state index in [9.17, 15) is 4.39 Å². The number of rotatable bonds is 7. The van der Waals surface area contributed by atoms with Crippen LogP contribution in [0.3, 0.4) is 0 Å². The molecule has 2 heterocycles. The second-order valence-corrected chi connectivity index (χ2v) is 6.79. The minimum absolute atomic E-state index is 0. The van der Waals surface area contributed by atoms with E-state index in [0.717, 1.165) is 24.6 Å². The van der Waals surface area contributed by atoms with Crippen molar-refractivity contribution >= 4 is 29.9 Å². The van der Waals surface area contributed by atoms with Gasteiger partial charge in [0.15, 0.2) is 17.5 Å². The number of benzene rings is 1. The van der Waals surface area contributed by atoms with Gasteiger partial charge in [0.25, 0.3) is 0 Å². The summed E-state index contributed by atoms with van der Waals surface area (Å²) in [5.41, 5.74) is 0.815.